The number of benzene rings is 3. The van der Waals surface area contributed by atoms with Gasteiger partial charge in [-0.1, -0.05) is 57.2 Å². The number of aryl methyl sites for hydroxylation is 1. The van der Waals surface area contributed by atoms with Crippen molar-refractivity contribution in [2.75, 3.05) is 42.5 Å². The number of hydrogen-bond acceptors (Lipinski definition) is 12. The molecule has 80 heavy (non-hydrogen) atoms. The first-order chi connectivity index (χ1) is 37.9. The second kappa shape index (κ2) is 22.7. The number of nitriles is 1. The molecule has 0 saturated carbocycles. The van der Waals surface area contributed by atoms with Gasteiger partial charge in [0.15, 0.2) is 10.9 Å². The minimum Gasteiger partial charge on any atom is -0.391 e. The van der Waals surface area contributed by atoms with Crippen LogP contribution in [0.15, 0.2) is 84.5 Å². The number of hydrogen-bond donors (Lipinski definition) is 3. The molecule has 4 aliphatic rings. The van der Waals surface area contributed by atoms with Gasteiger partial charge in [0, 0.05) is 55.7 Å². The molecular weight excluding hydrogens is 1070 g/mol. The Kier molecular flexibility index (Phi) is 16.3. The van der Waals surface area contributed by atoms with E-state index in [4.69, 9.17) is 12.2 Å². The third-order valence-electron chi connectivity index (χ3n) is 15.7. The van der Waals surface area contributed by atoms with Crippen LogP contribution in [-0.4, -0.2) is 127 Å². The number of amides is 5. The largest absolute Gasteiger partial charge is 0.420 e. The van der Waals surface area contributed by atoms with E-state index in [1.165, 1.54) is 35.9 Å². The van der Waals surface area contributed by atoms with Gasteiger partial charge in [0.05, 0.1) is 57.1 Å². The molecule has 4 fully saturated rings. The van der Waals surface area contributed by atoms with Gasteiger partial charge in [-0.05, 0) is 125 Å². The summed E-state index contributed by atoms with van der Waals surface area (Å²) in [6, 6.07) is 19.6. The quantitative estimate of drug-likeness (QED) is 0.0801. The van der Waals surface area contributed by atoms with Crippen LogP contribution in [0.1, 0.15) is 99.5 Å². The van der Waals surface area contributed by atoms with Crippen LogP contribution in [0.25, 0.3) is 21.7 Å². The lowest BCUT2D eigenvalue weighted by Gasteiger charge is -2.42. The Morgan fingerprint density at radius 3 is 2.15 bits per heavy atom. The van der Waals surface area contributed by atoms with Crippen molar-refractivity contribution in [3.05, 3.63) is 118 Å². The van der Waals surface area contributed by atoms with E-state index in [2.05, 4.69) is 25.5 Å². The fourth-order valence-electron chi connectivity index (χ4n) is 11.2. The van der Waals surface area contributed by atoms with Crippen LogP contribution in [0.2, 0.25) is 0 Å². The van der Waals surface area contributed by atoms with Crippen molar-refractivity contribution < 1.29 is 46.6 Å². The van der Waals surface area contributed by atoms with Gasteiger partial charge in [0.2, 0.25) is 17.7 Å². The molecule has 0 unspecified atom stereocenters. The van der Waals surface area contributed by atoms with Crippen molar-refractivity contribution in [1.82, 2.24) is 35.3 Å². The number of likely N-dealkylation sites (tertiary alicyclic amines) is 3. The second-order valence-corrected chi connectivity index (χ2v) is 23.7. The number of aliphatic hydroxyl groups is 1. The number of β-amino-alcohol motifs (C(OH)–C–C–N with tert-alkyl or cyclic N) is 1. The Morgan fingerprint density at radius 2 is 1.56 bits per heavy atom. The molecule has 5 amide bonds. The molecule has 9 rings (SSSR count). The number of carbonyl (C=O) groups is 5. The van der Waals surface area contributed by atoms with Crippen LogP contribution in [0, 0.1) is 35.4 Å². The molecule has 22 heteroatoms. The van der Waals surface area contributed by atoms with E-state index in [-0.39, 0.29) is 54.3 Å². The van der Waals surface area contributed by atoms with Crippen molar-refractivity contribution in [1.29, 1.82) is 5.26 Å². The van der Waals surface area contributed by atoms with Gasteiger partial charge in [0.25, 0.3) is 11.8 Å². The SMILES string of the molecule is Cc1ncsc1-c1ccc(CNC(=O)[C@@H]2C[C@@H](O)CN2C(=O)[C@@H](NC(=O)C2CCN(C3CCN(C(=O)c4ccc(-c5ccc(N6C(=S)N(c7ccc(C#N)c(C(F)(F)F)c7F)C(=O)C6(C)C)cn5)cc4)CC3)CC2)C(C)(C)C)cc1. The summed E-state index contributed by atoms with van der Waals surface area (Å²) in [5, 5.41) is 25.7. The molecule has 3 N–H and O–H groups in total. The summed E-state index contributed by atoms with van der Waals surface area (Å²) < 4.78 is 57.1. The fraction of sp³-hybridized carbons (Fsp3) is 0.431. The maximum Gasteiger partial charge on any atom is 0.420 e. The smallest absolute Gasteiger partial charge is 0.391 e. The number of thiazole rings is 1. The van der Waals surface area contributed by atoms with Gasteiger partial charge in [-0.15, -0.1) is 11.3 Å². The number of nitrogens with zero attached hydrogens (tertiary/aromatic N) is 8. The molecule has 6 heterocycles. The predicted octanol–water partition coefficient (Wildman–Crippen LogP) is 8.25. The predicted molar refractivity (Wildman–Crippen MR) is 297 cm³/mol. The molecule has 5 aromatic rings. The number of alkyl halides is 3. The number of piperidine rings is 2. The number of aliphatic hydroxyl groups excluding tert-OH is 1. The minimum absolute atomic E-state index is 0.0175. The zero-order chi connectivity index (χ0) is 57.6. The first kappa shape index (κ1) is 57.5. The summed E-state index contributed by atoms with van der Waals surface area (Å²) in [7, 11) is 0. The molecule has 420 valence electrons. The third kappa shape index (κ3) is 11.6. The van der Waals surface area contributed by atoms with Crippen LogP contribution in [0.4, 0.5) is 28.9 Å². The normalized spacial score (nSPS) is 19.8. The Labute approximate surface area is 470 Å². The van der Waals surface area contributed by atoms with Gasteiger partial charge >= 0.3 is 6.18 Å². The number of carbonyl (C=O) groups excluding carboxylic acids is 5. The van der Waals surface area contributed by atoms with E-state index < -0.39 is 69.8 Å². The summed E-state index contributed by atoms with van der Waals surface area (Å²) in [5.74, 6) is -4.00. The second-order valence-electron chi connectivity index (χ2n) is 22.4. The van der Waals surface area contributed by atoms with Crippen molar-refractivity contribution in [2.24, 2.45) is 11.3 Å². The zero-order valence-corrected chi connectivity index (χ0v) is 46.8. The van der Waals surface area contributed by atoms with Crippen molar-refractivity contribution in [3.8, 4) is 27.8 Å². The molecule has 2 aromatic heterocycles. The Balaban J connectivity index is 0.747. The van der Waals surface area contributed by atoms with Gasteiger partial charge in [-0.3, -0.25) is 33.9 Å². The Morgan fingerprint density at radius 1 is 0.900 bits per heavy atom. The molecule has 4 aliphatic heterocycles. The lowest BCUT2D eigenvalue weighted by Crippen LogP contribution is -2.59. The first-order valence-electron chi connectivity index (χ1n) is 26.5. The third-order valence-corrected chi connectivity index (χ3v) is 17.1. The average Bonchev–Trinajstić information content (AvgIpc) is 4.12. The lowest BCUT2D eigenvalue weighted by atomic mass is 9.84. The summed E-state index contributed by atoms with van der Waals surface area (Å²) in [6.07, 6.45) is -1.86. The molecule has 3 aromatic carbocycles. The standard InChI is InChI=1S/C58H62F4N10O6S2/c1-33-48(80-32-66-33)36-9-7-34(8-10-36)29-65-51(75)45-27-42(73)31-70(45)53(77)49(56(2,3)4)67-50(74)37-19-23-68(24-20-37)40-21-25-69(26-22-40)52(76)38-13-11-35(12-14-38)43-17-16-41(30-64-43)72-55(79)71(54(78)57(72,5)6)44-18-15-39(28-63)46(47(44)59)58(60,61)62/h7-18,30,32,37,40,42,45,49,73H,19-27,29,31H2,1-6H3,(H,65,75)(H,67,74)/t42-,45+,49-/m1/s1. The van der Waals surface area contributed by atoms with Crippen LogP contribution in [0.5, 0.6) is 0 Å². The molecule has 0 bridgehead atoms. The minimum atomic E-state index is -5.21. The number of nitrogens with one attached hydrogen (secondary N) is 2. The van der Waals surface area contributed by atoms with Gasteiger partial charge < -0.3 is 35.3 Å². The monoisotopic (exact) mass is 1130 g/mol. The average molecular weight is 1140 g/mol. The highest BCUT2D eigenvalue weighted by molar-refractivity contribution is 7.81. The van der Waals surface area contributed by atoms with E-state index in [0.29, 0.717) is 66.4 Å². The van der Waals surface area contributed by atoms with Gasteiger partial charge in [0.1, 0.15) is 23.2 Å². The van der Waals surface area contributed by atoms with E-state index >= 15 is 4.39 Å². The number of aromatic nitrogens is 2. The van der Waals surface area contributed by atoms with E-state index in [0.717, 1.165) is 46.7 Å². The van der Waals surface area contributed by atoms with Gasteiger partial charge in [-0.2, -0.15) is 18.4 Å². The topological polar surface area (TPSA) is 195 Å². The molecule has 3 atom stereocenters. The van der Waals surface area contributed by atoms with Crippen LogP contribution >= 0.6 is 23.6 Å². The summed E-state index contributed by atoms with van der Waals surface area (Å²) in [4.78, 5) is 87.0. The van der Waals surface area contributed by atoms with Crippen LogP contribution in [-0.2, 0) is 31.9 Å². The number of anilines is 2. The molecule has 0 radical (unpaired) electrons. The number of thiocarbonyl (C=S) groups is 1. The molecule has 0 spiro atoms. The number of halogens is 4. The van der Waals surface area contributed by atoms with Crippen molar-refractivity contribution in [2.45, 2.75) is 116 Å². The summed E-state index contributed by atoms with van der Waals surface area (Å²) in [6.45, 7) is 13.3. The molecule has 0 aliphatic carbocycles. The lowest BCUT2D eigenvalue weighted by molar-refractivity contribution is -0.144. The van der Waals surface area contributed by atoms with Crippen molar-refractivity contribution >= 4 is 69.6 Å². The molecule has 4 saturated heterocycles. The maximum absolute atomic E-state index is 15.5. The van der Waals surface area contributed by atoms with Crippen LogP contribution < -0.4 is 20.4 Å². The van der Waals surface area contributed by atoms with E-state index in [1.807, 2.05) is 56.9 Å². The molecule has 16 nitrogen and oxygen atoms in total. The summed E-state index contributed by atoms with van der Waals surface area (Å²) in [5.41, 5.74) is 1.10. The highest BCUT2D eigenvalue weighted by Gasteiger charge is 2.52. The fourth-order valence-corrected chi connectivity index (χ4v) is 12.5. The van der Waals surface area contributed by atoms with Gasteiger partial charge in [-0.25, -0.2) is 9.37 Å². The van der Waals surface area contributed by atoms with E-state index in [9.17, 15) is 47.5 Å². The van der Waals surface area contributed by atoms with E-state index in [1.54, 1.807) is 53.2 Å². The Hall–Kier alpha value is -7.19. The number of rotatable bonds is 12. The maximum atomic E-state index is 15.5. The number of pyridine rings is 1. The Bertz CT molecular complexity index is 3230. The zero-order valence-electron chi connectivity index (χ0n) is 45.1. The first-order valence-corrected chi connectivity index (χ1v) is 27.8. The van der Waals surface area contributed by atoms with Crippen LogP contribution in [0.3, 0.4) is 0 Å². The highest BCUT2D eigenvalue weighted by Crippen LogP contribution is 2.42. The highest BCUT2D eigenvalue weighted by atomic mass is 32.1. The van der Waals surface area contributed by atoms with Crippen molar-refractivity contribution in [3.63, 3.8) is 0 Å². The summed E-state index contributed by atoms with van der Waals surface area (Å²) >= 11 is 7.13. The molecular formula is C58H62F4N10O6S2.